The summed E-state index contributed by atoms with van der Waals surface area (Å²) >= 11 is 0. The fourth-order valence-electron chi connectivity index (χ4n) is 0.540. The third-order valence-corrected chi connectivity index (χ3v) is 0.833. The number of nitrogens with zero attached hydrogens (tertiary/aromatic N) is 4. The molecule has 0 N–H and O–H groups in total. The van der Waals surface area contributed by atoms with Gasteiger partial charge in [0.05, 0.1) is 11.9 Å². The second-order valence-corrected chi connectivity index (χ2v) is 2.68. The van der Waals surface area contributed by atoms with Crippen LogP contribution in [0.3, 0.4) is 0 Å². The lowest BCUT2D eigenvalue weighted by molar-refractivity contribution is 0.435. The highest BCUT2D eigenvalue weighted by Gasteiger charge is 1.85. The van der Waals surface area contributed by atoms with Crippen LogP contribution in [0, 0.1) is 0 Å². The van der Waals surface area contributed by atoms with Gasteiger partial charge in [-0.3, -0.25) is 0 Å². The smallest absolute Gasteiger partial charge is 0.0774 e. The van der Waals surface area contributed by atoms with Gasteiger partial charge < -0.3 is 10.0 Å². The van der Waals surface area contributed by atoms with E-state index in [0.717, 1.165) is 5.71 Å². The van der Waals surface area contributed by atoms with Gasteiger partial charge in [-0.1, -0.05) is 0 Å². The molecule has 0 aliphatic carbocycles. The maximum absolute atomic E-state index is 4.12. The van der Waals surface area contributed by atoms with Gasteiger partial charge in [-0.05, 0) is 6.92 Å². The van der Waals surface area contributed by atoms with Crippen molar-refractivity contribution >= 4 is 11.9 Å². The topological polar surface area (TPSA) is 31.2 Å². The average Bonchev–Trinajstić information content (AvgIpc) is 1.82. The molecule has 0 aromatic rings. The maximum Gasteiger partial charge on any atom is 0.0774 e. The minimum absolute atomic E-state index is 0.892. The molecule has 0 unspecified atom stereocenters. The van der Waals surface area contributed by atoms with Crippen LogP contribution in [0.15, 0.2) is 10.2 Å². The van der Waals surface area contributed by atoms with E-state index in [0.29, 0.717) is 0 Å². The van der Waals surface area contributed by atoms with Crippen molar-refractivity contribution in [2.75, 3.05) is 28.2 Å². The Hall–Kier alpha value is -1.06. The van der Waals surface area contributed by atoms with Crippen molar-refractivity contribution in [3.63, 3.8) is 0 Å². The van der Waals surface area contributed by atoms with Gasteiger partial charge in [0.25, 0.3) is 0 Å². The molecule has 64 valence electrons. The summed E-state index contributed by atoms with van der Waals surface area (Å²) in [6.45, 7) is 1.91. The normalized spacial score (nSPS) is 12.3. The average molecular weight is 156 g/mol. The molecule has 0 aliphatic rings. The summed E-state index contributed by atoms with van der Waals surface area (Å²) in [7, 11) is 7.51. The minimum atomic E-state index is 0.892. The Morgan fingerprint density at radius 1 is 1.09 bits per heavy atom. The highest BCUT2D eigenvalue weighted by Crippen LogP contribution is 1.79. The lowest BCUT2D eigenvalue weighted by Crippen LogP contribution is -2.09. The predicted octanol–water partition coefficient (Wildman–Crippen LogP) is 0.471. The quantitative estimate of drug-likeness (QED) is 0.439. The molecule has 0 spiro atoms. The van der Waals surface area contributed by atoms with E-state index in [9.17, 15) is 0 Å². The van der Waals surface area contributed by atoms with E-state index in [4.69, 9.17) is 0 Å². The molecule has 0 atom stereocenters. The second-order valence-electron chi connectivity index (χ2n) is 2.68. The van der Waals surface area contributed by atoms with Crippen molar-refractivity contribution in [1.29, 1.82) is 0 Å². The molecule has 0 aromatic heterocycles. The van der Waals surface area contributed by atoms with E-state index in [1.54, 1.807) is 16.2 Å². The van der Waals surface area contributed by atoms with E-state index in [1.807, 2.05) is 35.1 Å². The molecule has 0 saturated heterocycles. The molecular weight excluding hydrogens is 140 g/mol. The van der Waals surface area contributed by atoms with Crippen LogP contribution < -0.4 is 0 Å². The predicted molar refractivity (Wildman–Crippen MR) is 49.0 cm³/mol. The summed E-state index contributed by atoms with van der Waals surface area (Å²) in [6, 6.07) is 0. The summed E-state index contributed by atoms with van der Waals surface area (Å²) in [5, 5.41) is 11.6. The summed E-state index contributed by atoms with van der Waals surface area (Å²) in [4.78, 5) is 0. The third-order valence-electron chi connectivity index (χ3n) is 0.833. The minimum Gasteiger partial charge on any atom is -0.303 e. The second kappa shape index (κ2) is 4.71. The first-order valence-corrected chi connectivity index (χ1v) is 3.46. The zero-order valence-electron chi connectivity index (χ0n) is 7.87. The summed E-state index contributed by atoms with van der Waals surface area (Å²) < 4.78 is 0. The van der Waals surface area contributed by atoms with Crippen molar-refractivity contribution in [3.05, 3.63) is 0 Å². The Bertz CT molecular complexity index is 158. The Morgan fingerprint density at radius 3 is 2.00 bits per heavy atom. The maximum atomic E-state index is 4.12. The zero-order chi connectivity index (χ0) is 8.85. The van der Waals surface area contributed by atoms with Crippen LogP contribution in [0.5, 0.6) is 0 Å². The van der Waals surface area contributed by atoms with Crippen molar-refractivity contribution in [3.8, 4) is 0 Å². The van der Waals surface area contributed by atoms with E-state index in [2.05, 4.69) is 10.2 Å². The third kappa shape index (κ3) is 6.83. The van der Waals surface area contributed by atoms with Crippen molar-refractivity contribution in [2.45, 2.75) is 6.92 Å². The van der Waals surface area contributed by atoms with Crippen LogP contribution in [0.25, 0.3) is 0 Å². The van der Waals surface area contributed by atoms with Crippen LogP contribution >= 0.6 is 0 Å². The van der Waals surface area contributed by atoms with Gasteiger partial charge in [0, 0.05) is 28.2 Å². The summed E-state index contributed by atoms with van der Waals surface area (Å²) in [6.07, 6.45) is 1.72. The molecule has 0 aliphatic heterocycles. The van der Waals surface area contributed by atoms with Gasteiger partial charge in [-0.15, -0.1) is 0 Å². The number of hydrazone groups is 2. The van der Waals surface area contributed by atoms with Crippen LogP contribution in [0.2, 0.25) is 0 Å². The lowest BCUT2D eigenvalue weighted by Gasteiger charge is -2.05. The van der Waals surface area contributed by atoms with Gasteiger partial charge >= 0.3 is 0 Å². The Labute approximate surface area is 68.2 Å². The van der Waals surface area contributed by atoms with Crippen LogP contribution in [0.4, 0.5) is 0 Å². The molecule has 0 rings (SSSR count). The van der Waals surface area contributed by atoms with E-state index in [-0.39, 0.29) is 0 Å². The molecule has 0 saturated carbocycles. The van der Waals surface area contributed by atoms with Gasteiger partial charge in [-0.2, -0.15) is 10.2 Å². The molecule has 0 fully saturated rings. The van der Waals surface area contributed by atoms with Crippen molar-refractivity contribution in [1.82, 2.24) is 10.0 Å². The largest absolute Gasteiger partial charge is 0.303 e. The first-order valence-electron chi connectivity index (χ1n) is 3.46. The molecule has 4 nitrogen and oxygen atoms in total. The van der Waals surface area contributed by atoms with Crippen LogP contribution in [-0.4, -0.2) is 50.1 Å². The molecule has 0 bridgehead atoms. The van der Waals surface area contributed by atoms with E-state index in [1.165, 1.54) is 0 Å². The number of hydrogen-bond donors (Lipinski definition) is 0. The van der Waals surface area contributed by atoms with Crippen molar-refractivity contribution < 1.29 is 0 Å². The first-order chi connectivity index (χ1) is 5.02. The van der Waals surface area contributed by atoms with Gasteiger partial charge in [0.2, 0.25) is 0 Å². The van der Waals surface area contributed by atoms with E-state index < -0.39 is 0 Å². The summed E-state index contributed by atoms with van der Waals surface area (Å²) in [5.41, 5.74) is 0.892. The summed E-state index contributed by atoms with van der Waals surface area (Å²) in [5.74, 6) is 0. The molecule has 0 heterocycles. The monoisotopic (exact) mass is 156 g/mol. The molecule has 0 amide bonds. The number of rotatable bonds is 3. The molecule has 0 aromatic carbocycles. The SMILES string of the molecule is CC(/C=N\N(C)C)=N/N(C)C. The standard InChI is InChI=1S/C7H16N4/c1-7(9-11(4)5)6-8-10(2)3/h6H,1-5H3/b8-6-,9-7-. The number of hydrogen-bond acceptors (Lipinski definition) is 4. The lowest BCUT2D eigenvalue weighted by atomic mass is 10.5. The van der Waals surface area contributed by atoms with Crippen molar-refractivity contribution in [2.24, 2.45) is 10.2 Å². The van der Waals surface area contributed by atoms with Gasteiger partial charge in [0.15, 0.2) is 0 Å². The Kier molecular flexibility index (Phi) is 4.26. The molecule has 0 radical (unpaired) electrons. The fraction of sp³-hybridized carbons (Fsp3) is 0.714. The fourth-order valence-corrected chi connectivity index (χ4v) is 0.540. The van der Waals surface area contributed by atoms with E-state index >= 15 is 0 Å². The Morgan fingerprint density at radius 2 is 1.64 bits per heavy atom. The molecular formula is C7H16N4. The van der Waals surface area contributed by atoms with Gasteiger partial charge in [-0.25, -0.2) is 0 Å². The highest BCUT2D eigenvalue weighted by molar-refractivity contribution is 6.29. The van der Waals surface area contributed by atoms with Crippen LogP contribution in [-0.2, 0) is 0 Å². The first kappa shape index (κ1) is 9.94. The Balaban J connectivity index is 3.95. The molecule has 4 heteroatoms. The zero-order valence-corrected chi connectivity index (χ0v) is 7.87. The highest BCUT2D eigenvalue weighted by atomic mass is 15.4. The molecule has 11 heavy (non-hydrogen) atoms. The van der Waals surface area contributed by atoms with Gasteiger partial charge in [0.1, 0.15) is 0 Å². The van der Waals surface area contributed by atoms with Crippen LogP contribution in [0.1, 0.15) is 6.92 Å².